The number of β-amino-alcohol motifs (C(OH)–C–C–N with tert-alkyl or cyclic N) is 1. The van der Waals surface area contributed by atoms with Crippen LogP contribution >= 0.6 is 11.6 Å². The number of aliphatic hydroxyl groups is 2. The second kappa shape index (κ2) is 6.16. The molecule has 0 aromatic carbocycles. The zero-order valence-electron chi connectivity index (χ0n) is 10.2. The van der Waals surface area contributed by atoms with E-state index < -0.39 is 12.2 Å². The van der Waals surface area contributed by atoms with Crippen molar-refractivity contribution in [2.45, 2.75) is 18.6 Å². The summed E-state index contributed by atoms with van der Waals surface area (Å²) in [6.07, 6.45) is 1.38. The fraction of sp³-hybridized carbons (Fsp3) is 0.455. The Hall–Kier alpha value is -1.41. The monoisotopic (exact) mass is 285 g/mol. The van der Waals surface area contributed by atoms with Crippen molar-refractivity contribution in [3.05, 3.63) is 23.6 Å². The maximum Gasteiger partial charge on any atom is 0.243 e. The molecule has 0 aliphatic carbocycles. The zero-order chi connectivity index (χ0) is 13.8. The highest BCUT2D eigenvalue weighted by Gasteiger charge is 2.18. The molecule has 2 aromatic heterocycles. The van der Waals surface area contributed by atoms with E-state index >= 15 is 0 Å². The molecule has 1 fully saturated rings. The number of piperidine rings is 1. The van der Waals surface area contributed by atoms with Gasteiger partial charge in [0.1, 0.15) is 5.52 Å². The maximum atomic E-state index is 8.89. The van der Waals surface area contributed by atoms with Crippen LogP contribution in [0, 0.1) is 0 Å². The van der Waals surface area contributed by atoms with E-state index in [0.717, 1.165) is 12.1 Å². The SMILES string of the molecule is Nc1nc(Cl)nn2cccc12.OC1CCNCC1O. The summed E-state index contributed by atoms with van der Waals surface area (Å²) in [4.78, 5) is 3.79. The molecule has 104 valence electrons. The highest BCUT2D eigenvalue weighted by molar-refractivity contribution is 6.28. The van der Waals surface area contributed by atoms with Crippen LogP contribution in [0.2, 0.25) is 5.28 Å². The maximum absolute atomic E-state index is 8.89. The van der Waals surface area contributed by atoms with E-state index in [2.05, 4.69) is 15.4 Å². The molecular weight excluding hydrogens is 270 g/mol. The largest absolute Gasteiger partial charge is 0.390 e. The molecule has 1 aliphatic rings. The van der Waals surface area contributed by atoms with Crippen LogP contribution in [0.4, 0.5) is 5.82 Å². The lowest BCUT2D eigenvalue weighted by Gasteiger charge is -2.23. The summed E-state index contributed by atoms with van der Waals surface area (Å²) < 4.78 is 1.59. The van der Waals surface area contributed by atoms with E-state index in [0.29, 0.717) is 18.8 Å². The molecule has 5 N–H and O–H groups in total. The Balaban J connectivity index is 0.000000148. The molecule has 0 amide bonds. The van der Waals surface area contributed by atoms with Gasteiger partial charge in [0.2, 0.25) is 5.28 Å². The van der Waals surface area contributed by atoms with Crippen LogP contribution in [0.25, 0.3) is 5.52 Å². The first-order valence-electron chi connectivity index (χ1n) is 5.91. The Morgan fingerprint density at radius 1 is 1.42 bits per heavy atom. The Morgan fingerprint density at radius 2 is 2.21 bits per heavy atom. The van der Waals surface area contributed by atoms with Gasteiger partial charge >= 0.3 is 0 Å². The minimum Gasteiger partial charge on any atom is -0.390 e. The molecule has 2 aromatic rings. The normalized spacial score (nSPS) is 22.9. The molecule has 0 bridgehead atoms. The predicted octanol–water partition coefficient (Wildman–Crippen LogP) is -0.334. The van der Waals surface area contributed by atoms with Gasteiger partial charge < -0.3 is 21.3 Å². The number of nitrogens with zero attached hydrogens (tertiary/aromatic N) is 3. The number of halogens is 1. The molecule has 1 aliphatic heterocycles. The van der Waals surface area contributed by atoms with Gasteiger partial charge in [0, 0.05) is 12.7 Å². The van der Waals surface area contributed by atoms with Crippen LogP contribution in [0.5, 0.6) is 0 Å². The summed E-state index contributed by atoms with van der Waals surface area (Å²) in [6, 6.07) is 3.66. The molecule has 3 heterocycles. The predicted molar refractivity (Wildman–Crippen MR) is 71.9 cm³/mol. The summed E-state index contributed by atoms with van der Waals surface area (Å²) in [5, 5.41) is 24.8. The van der Waals surface area contributed by atoms with Crippen molar-refractivity contribution < 1.29 is 10.2 Å². The van der Waals surface area contributed by atoms with Crippen molar-refractivity contribution in [2.24, 2.45) is 0 Å². The molecular formula is C11H16ClN5O2. The van der Waals surface area contributed by atoms with E-state index in [9.17, 15) is 0 Å². The van der Waals surface area contributed by atoms with E-state index in [1.54, 1.807) is 10.7 Å². The summed E-state index contributed by atoms with van der Waals surface area (Å²) in [5.41, 5.74) is 6.32. The number of aliphatic hydroxyl groups excluding tert-OH is 2. The summed E-state index contributed by atoms with van der Waals surface area (Å²) in [6.45, 7) is 1.35. The van der Waals surface area contributed by atoms with Crippen LogP contribution in [0.3, 0.4) is 0 Å². The van der Waals surface area contributed by atoms with E-state index in [-0.39, 0.29) is 5.28 Å². The third-order valence-electron chi connectivity index (χ3n) is 2.81. The van der Waals surface area contributed by atoms with Crippen molar-refractivity contribution >= 4 is 22.9 Å². The van der Waals surface area contributed by atoms with Crippen molar-refractivity contribution in [1.29, 1.82) is 0 Å². The Morgan fingerprint density at radius 3 is 2.84 bits per heavy atom. The lowest BCUT2D eigenvalue weighted by molar-refractivity contribution is 0.000433. The number of nitrogens with two attached hydrogens (primary N) is 1. The number of rotatable bonds is 0. The lowest BCUT2D eigenvalue weighted by Crippen LogP contribution is -2.43. The first kappa shape index (κ1) is 14.0. The number of anilines is 1. The Bertz CT molecular complexity index is 537. The van der Waals surface area contributed by atoms with Gasteiger partial charge in [0.15, 0.2) is 5.82 Å². The molecule has 0 saturated carbocycles. The van der Waals surface area contributed by atoms with Gasteiger partial charge in [-0.3, -0.25) is 0 Å². The van der Waals surface area contributed by atoms with Crippen LogP contribution in [0.15, 0.2) is 18.3 Å². The molecule has 0 spiro atoms. The topological polar surface area (TPSA) is 109 Å². The van der Waals surface area contributed by atoms with Gasteiger partial charge in [0.25, 0.3) is 0 Å². The van der Waals surface area contributed by atoms with Gasteiger partial charge in [-0.1, -0.05) is 0 Å². The third kappa shape index (κ3) is 3.54. The van der Waals surface area contributed by atoms with Gasteiger partial charge in [-0.25, -0.2) is 4.52 Å². The molecule has 19 heavy (non-hydrogen) atoms. The van der Waals surface area contributed by atoms with Crippen molar-refractivity contribution in [2.75, 3.05) is 18.8 Å². The molecule has 2 unspecified atom stereocenters. The number of hydrogen-bond acceptors (Lipinski definition) is 6. The van der Waals surface area contributed by atoms with Crippen molar-refractivity contribution in [3.63, 3.8) is 0 Å². The first-order valence-corrected chi connectivity index (χ1v) is 6.29. The highest BCUT2D eigenvalue weighted by Crippen LogP contribution is 2.11. The van der Waals surface area contributed by atoms with Crippen LogP contribution < -0.4 is 11.1 Å². The van der Waals surface area contributed by atoms with E-state index in [1.807, 2.05) is 12.1 Å². The number of aromatic nitrogens is 3. The molecule has 2 atom stereocenters. The minimum absolute atomic E-state index is 0.159. The smallest absolute Gasteiger partial charge is 0.243 e. The van der Waals surface area contributed by atoms with Crippen molar-refractivity contribution in [1.82, 2.24) is 19.9 Å². The molecule has 7 nitrogen and oxygen atoms in total. The first-order chi connectivity index (χ1) is 9.08. The highest BCUT2D eigenvalue weighted by atomic mass is 35.5. The van der Waals surface area contributed by atoms with Crippen LogP contribution in [0.1, 0.15) is 6.42 Å². The molecule has 8 heteroatoms. The van der Waals surface area contributed by atoms with Gasteiger partial charge in [0.05, 0.1) is 12.2 Å². The number of hydrogen-bond donors (Lipinski definition) is 4. The number of nitrogens with one attached hydrogen (secondary N) is 1. The van der Waals surface area contributed by atoms with Gasteiger partial charge in [-0.05, 0) is 36.7 Å². The fourth-order valence-corrected chi connectivity index (χ4v) is 1.93. The zero-order valence-corrected chi connectivity index (χ0v) is 11.0. The van der Waals surface area contributed by atoms with E-state index in [1.165, 1.54) is 0 Å². The summed E-state index contributed by atoms with van der Waals surface area (Å²) in [5.74, 6) is 0.398. The Kier molecular flexibility index (Phi) is 4.54. The van der Waals surface area contributed by atoms with Crippen molar-refractivity contribution in [3.8, 4) is 0 Å². The van der Waals surface area contributed by atoms with E-state index in [4.69, 9.17) is 27.5 Å². The molecule has 1 saturated heterocycles. The standard InChI is InChI=1S/C6H5ClN4.C5H11NO2/c7-6-9-5(8)4-2-1-3-11(4)10-6;7-4-1-2-6-3-5(4)8/h1-3H,(H2,8,9,10);4-8H,1-3H2. The lowest BCUT2D eigenvalue weighted by atomic mass is 10.1. The average molecular weight is 286 g/mol. The summed E-state index contributed by atoms with van der Waals surface area (Å²) in [7, 11) is 0. The third-order valence-corrected chi connectivity index (χ3v) is 2.97. The van der Waals surface area contributed by atoms with Gasteiger partial charge in [-0.2, -0.15) is 4.98 Å². The molecule has 3 rings (SSSR count). The average Bonchev–Trinajstić information content (AvgIpc) is 2.82. The van der Waals surface area contributed by atoms with Crippen LogP contribution in [-0.2, 0) is 0 Å². The quantitative estimate of drug-likeness (QED) is 0.528. The fourth-order valence-electron chi connectivity index (χ4n) is 1.76. The minimum atomic E-state index is -0.552. The summed E-state index contributed by atoms with van der Waals surface area (Å²) >= 11 is 5.56. The Labute approximate surface area is 115 Å². The van der Waals surface area contributed by atoms with Gasteiger partial charge in [-0.15, -0.1) is 5.10 Å². The molecule has 0 radical (unpaired) electrons. The number of nitrogen functional groups attached to an aromatic ring is 1. The number of fused-ring (bicyclic) bond motifs is 1. The van der Waals surface area contributed by atoms with Crippen LogP contribution in [-0.4, -0.2) is 50.1 Å². The second-order valence-corrected chi connectivity index (χ2v) is 4.57. The second-order valence-electron chi connectivity index (χ2n) is 4.23.